The maximum atomic E-state index is 12.3. The van der Waals surface area contributed by atoms with Crippen molar-refractivity contribution in [2.45, 2.75) is 18.5 Å². The molecule has 2 aliphatic heterocycles. The molecular formula is C20H19NO3S. The molecule has 2 aromatic rings. The maximum Gasteiger partial charge on any atom is 0.212 e. The van der Waals surface area contributed by atoms with Crippen LogP contribution in [0, 0.1) is 17.8 Å². The summed E-state index contributed by atoms with van der Waals surface area (Å²) in [6.45, 7) is 0. The molecule has 25 heavy (non-hydrogen) atoms. The van der Waals surface area contributed by atoms with Crippen LogP contribution in [0.25, 0.3) is 0 Å². The Kier molecular flexibility index (Phi) is 3.82. The third kappa shape index (κ3) is 2.72. The van der Waals surface area contributed by atoms with Crippen LogP contribution < -0.4 is 4.74 Å². The SMILES string of the molecule is COc1ccc(C#CC2CC3c4ccccc4C2N3S(C)(=O)=O)cc1. The number of sulfonamides is 1. The zero-order valence-corrected chi connectivity index (χ0v) is 15.0. The zero-order chi connectivity index (χ0) is 17.6. The third-order valence-corrected chi connectivity index (χ3v) is 6.24. The van der Waals surface area contributed by atoms with Gasteiger partial charge in [-0.15, -0.1) is 0 Å². The number of fused-ring (bicyclic) bond motifs is 5. The highest BCUT2D eigenvalue weighted by Gasteiger charge is 2.53. The van der Waals surface area contributed by atoms with Gasteiger partial charge in [0, 0.05) is 11.5 Å². The Morgan fingerprint density at radius 1 is 1.08 bits per heavy atom. The van der Waals surface area contributed by atoms with E-state index in [0.29, 0.717) is 0 Å². The van der Waals surface area contributed by atoms with Crippen LogP contribution in [0.3, 0.4) is 0 Å². The van der Waals surface area contributed by atoms with Gasteiger partial charge in [0.25, 0.3) is 0 Å². The number of hydrogen-bond donors (Lipinski definition) is 0. The quantitative estimate of drug-likeness (QED) is 0.780. The molecule has 128 valence electrons. The molecule has 0 N–H and O–H groups in total. The lowest BCUT2D eigenvalue weighted by molar-refractivity contribution is 0.359. The summed E-state index contributed by atoms with van der Waals surface area (Å²) in [5, 5.41) is 0. The predicted molar refractivity (Wildman–Crippen MR) is 96.6 cm³/mol. The lowest BCUT2D eigenvalue weighted by Crippen LogP contribution is -2.27. The van der Waals surface area contributed by atoms with E-state index < -0.39 is 10.0 Å². The molecule has 0 spiro atoms. The number of nitrogens with zero attached hydrogens (tertiary/aromatic N) is 1. The first-order valence-corrected chi connectivity index (χ1v) is 10.1. The average molecular weight is 353 g/mol. The van der Waals surface area contributed by atoms with Gasteiger partial charge in [0.05, 0.1) is 25.4 Å². The van der Waals surface area contributed by atoms with E-state index in [2.05, 4.69) is 11.8 Å². The maximum absolute atomic E-state index is 12.3. The number of hydrogen-bond acceptors (Lipinski definition) is 3. The number of rotatable bonds is 2. The predicted octanol–water partition coefficient (Wildman–Crippen LogP) is 3.12. The smallest absolute Gasteiger partial charge is 0.212 e. The fourth-order valence-electron chi connectivity index (χ4n) is 3.97. The summed E-state index contributed by atoms with van der Waals surface area (Å²) < 4.78 is 31.4. The lowest BCUT2D eigenvalue weighted by Gasteiger charge is -2.20. The molecular weight excluding hydrogens is 334 g/mol. The first kappa shape index (κ1) is 16.2. The molecule has 2 aliphatic rings. The van der Waals surface area contributed by atoms with E-state index in [1.54, 1.807) is 11.4 Å². The van der Waals surface area contributed by atoms with Gasteiger partial charge < -0.3 is 4.74 Å². The number of ether oxygens (including phenoxy) is 1. The molecule has 4 rings (SSSR count). The van der Waals surface area contributed by atoms with Gasteiger partial charge in [-0.25, -0.2) is 8.42 Å². The lowest BCUT2D eigenvalue weighted by atomic mass is 9.84. The van der Waals surface area contributed by atoms with E-state index in [1.165, 1.54) is 6.26 Å². The third-order valence-electron chi connectivity index (χ3n) is 4.99. The van der Waals surface area contributed by atoms with Gasteiger partial charge in [-0.3, -0.25) is 0 Å². The van der Waals surface area contributed by atoms with Gasteiger partial charge in [-0.1, -0.05) is 36.1 Å². The van der Waals surface area contributed by atoms with Crippen LogP contribution in [-0.4, -0.2) is 26.1 Å². The van der Waals surface area contributed by atoms with Crippen molar-refractivity contribution in [2.75, 3.05) is 13.4 Å². The van der Waals surface area contributed by atoms with E-state index in [0.717, 1.165) is 28.9 Å². The van der Waals surface area contributed by atoms with Gasteiger partial charge in [-0.2, -0.15) is 4.31 Å². The molecule has 0 radical (unpaired) electrons. The van der Waals surface area contributed by atoms with Gasteiger partial charge in [0.15, 0.2) is 0 Å². The molecule has 3 atom stereocenters. The highest BCUT2D eigenvalue weighted by atomic mass is 32.2. The van der Waals surface area contributed by atoms with Crippen molar-refractivity contribution >= 4 is 10.0 Å². The van der Waals surface area contributed by atoms with Crippen molar-refractivity contribution in [2.24, 2.45) is 5.92 Å². The minimum absolute atomic E-state index is 0.0109. The van der Waals surface area contributed by atoms with Gasteiger partial charge in [0.1, 0.15) is 5.75 Å². The summed E-state index contributed by atoms with van der Waals surface area (Å²) >= 11 is 0. The second-order valence-electron chi connectivity index (χ2n) is 6.52. The molecule has 1 fully saturated rings. The van der Waals surface area contributed by atoms with Crippen LogP contribution in [0.2, 0.25) is 0 Å². The molecule has 0 amide bonds. The van der Waals surface area contributed by atoms with E-state index in [4.69, 9.17) is 4.74 Å². The monoisotopic (exact) mass is 353 g/mol. The number of methoxy groups -OCH3 is 1. The van der Waals surface area contributed by atoms with Crippen molar-refractivity contribution in [3.05, 3.63) is 65.2 Å². The van der Waals surface area contributed by atoms with Crippen molar-refractivity contribution in [1.29, 1.82) is 0 Å². The Morgan fingerprint density at radius 3 is 2.40 bits per heavy atom. The van der Waals surface area contributed by atoms with Gasteiger partial charge in [0.2, 0.25) is 10.0 Å². The Hall–Kier alpha value is -2.29. The van der Waals surface area contributed by atoms with E-state index >= 15 is 0 Å². The van der Waals surface area contributed by atoms with Crippen molar-refractivity contribution in [1.82, 2.24) is 4.31 Å². The fraction of sp³-hybridized carbons (Fsp3) is 0.300. The van der Waals surface area contributed by atoms with Crippen LogP contribution in [-0.2, 0) is 10.0 Å². The van der Waals surface area contributed by atoms with Crippen LogP contribution >= 0.6 is 0 Å². The average Bonchev–Trinajstić information content (AvgIpc) is 3.15. The minimum atomic E-state index is -3.28. The molecule has 0 aliphatic carbocycles. The standard InChI is InChI=1S/C20H19NO3S/c1-24-16-11-8-14(9-12-16)7-10-15-13-19-17-5-3-4-6-18(17)20(15)21(19)25(2,22)23/h3-6,8-9,11-12,15,19-20H,13H2,1-2H3. The second-order valence-corrected chi connectivity index (χ2v) is 8.41. The molecule has 4 nitrogen and oxygen atoms in total. The summed E-state index contributed by atoms with van der Waals surface area (Å²) in [7, 11) is -1.65. The normalized spacial score (nSPS) is 24.5. The highest BCUT2D eigenvalue weighted by Crippen LogP contribution is 2.56. The van der Waals surface area contributed by atoms with Crippen LogP contribution in [0.4, 0.5) is 0 Å². The van der Waals surface area contributed by atoms with E-state index in [9.17, 15) is 8.42 Å². The van der Waals surface area contributed by atoms with Crippen molar-refractivity contribution in [3.63, 3.8) is 0 Å². The minimum Gasteiger partial charge on any atom is -0.497 e. The van der Waals surface area contributed by atoms with Crippen molar-refractivity contribution < 1.29 is 13.2 Å². The van der Waals surface area contributed by atoms with Gasteiger partial charge in [-0.05, 0) is 41.8 Å². The van der Waals surface area contributed by atoms with Crippen molar-refractivity contribution in [3.8, 4) is 17.6 Å². The molecule has 3 unspecified atom stereocenters. The summed E-state index contributed by atoms with van der Waals surface area (Å²) in [5.41, 5.74) is 3.13. The first-order valence-electron chi connectivity index (χ1n) is 8.22. The topological polar surface area (TPSA) is 46.6 Å². The van der Waals surface area contributed by atoms with Crippen LogP contribution in [0.1, 0.15) is 35.2 Å². The fourth-order valence-corrected chi connectivity index (χ4v) is 5.31. The van der Waals surface area contributed by atoms with Crippen LogP contribution in [0.5, 0.6) is 5.75 Å². The molecule has 5 heteroatoms. The highest BCUT2D eigenvalue weighted by molar-refractivity contribution is 7.88. The molecule has 2 bridgehead atoms. The summed E-state index contributed by atoms with van der Waals surface area (Å²) in [5.74, 6) is 7.32. The number of benzene rings is 2. The second kappa shape index (κ2) is 5.91. The Morgan fingerprint density at radius 2 is 1.76 bits per heavy atom. The Labute approximate surface area is 148 Å². The Bertz CT molecular complexity index is 970. The molecule has 2 aromatic carbocycles. The summed E-state index contributed by atoms with van der Waals surface area (Å²) in [6, 6.07) is 15.3. The molecule has 0 saturated carbocycles. The molecule has 1 saturated heterocycles. The largest absolute Gasteiger partial charge is 0.497 e. The first-order chi connectivity index (χ1) is 12.0. The molecule has 2 heterocycles. The van der Waals surface area contributed by atoms with Gasteiger partial charge >= 0.3 is 0 Å². The zero-order valence-electron chi connectivity index (χ0n) is 14.1. The Balaban J connectivity index is 1.68. The van der Waals surface area contributed by atoms with E-state index in [-0.39, 0.29) is 18.0 Å². The summed E-state index contributed by atoms with van der Waals surface area (Å²) in [6.07, 6.45) is 2.04. The van der Waals surface area contributed by atoms with E-state index in [1.807, 2.05) is 48.5 Å². The molecule has 0 aromatic heterocycles. The van der Waals surface area contributed by atoms with Crippen LogP contribution in [0.15, 0.2) is 48.5 Å². The summed E-state index contributed by atoms with van der Waals surface area (Å²) in [4.78, 5) is 0.